The van der Waals surface area contributed by atoms with Gasteiger partial charge < -0.3 is 14.8 Å². The van der Waals surface area contributed by atoms with Gasteiger partial charge in [-0.05, 0) is 36.8 Å². The summed E-state index contributed by atoms with van der Waals surface area (Å²) in [5.74, 6) is 0.970. The van der Waals surface area contributed by atoms with Gasteiger partial charge in [0.2, 0.25) is 0 Å². The van der Waals surface area contributed by atoms with Gasteiger partial charge in [0.1, 0.15) is 10.7 Å². The fraction of sp³-hybridized carbons (Fsp3) is 0.231. The van der Waals surface area contributed by atoms with Crippen LogP contribution in [0.3, 0.4) is 0 Å². The Morgan fingerprint density at radius 1 is 1.03 bits per heavy atom. The summed E-state index contributed by atoms with van der Waals surface area (Å²) in [5.41, 5.74) is 3.82. The Bertz CT molecular complexity index is 1380. The first-order valence-electron chi connectivity index (χ1n) is 11.1. The third-order valence-electron chi connectivity index (χ3n) is 5.40. The molecule has 0 spiro atoms. The van der Waals surface area contributed by atoms with Gasteiger partial charge in [0.15, 0.2) is 11.5 Å². The summed E-state index contributed by atoms with van der Waals surface area (Å²) in [6.07, 6.45) is 0.568. The second-order valence-electron chi connectivity index (χ2n) is 7.92. The van der Waals surface area contributed by atoms with Crippen molar-refractivity contribution in [3.63, 3.8) is 0 Å². The van der Waals surface area contributed by atoms with E-state index in [1.54, 1.807) is 14.2 Å². The number of amides is 1. The minimum Gasteiger partial charge on any atom is -0.493 e. The summed E-state index contributed by atoms with van der Waals surface area (Å²) < 4.78 is 12.0. The van der Waals surface area contributed by atoms with Crippen molar-refractivity contribution in [2.75, 3.05) is 20.8 Å². The summed E-state index contributed by atoms with van der Waals surface area (Å²) in [6, 6.07) is 16.3. The Hall–Kier alpha value is -3.98. The number of aromatic nitrogens is 3. The van der Waals surface area contributed by atoms with Gasteiger partial charge in [0.25, 0.3) is 11.5 Å². The van der Waals surface area contributed by atoms with Crippen molar-refractivity contribution in [2.24, 2.45) is 0 Å². The van der Waals surface area contributed by atoms with E-state index < -0.39 is 0 Å². The quantitative estimate of drug-likeness (QED) is 0.384. The zero-order valence-electron chi connectivity index (χ0n) is 19.8. The molecule has 8 nitrogen and oxygen atoms in total. The summed E-state index contributed by atoms with van der Waals surface area (Å²) >= 11 is 1.53. The molecule has 0 saturated heterocycles. The normalized spacial score (nSPS) is 10.7. The molecule has 2 heterocycles. The SMILES string of the molecule is COc1ccc(-c2nc(CCNC(=O)c3ccc(=O)n(Cc4ccc(C)cc4)n3)cs2)cc1OC. The van der Waals surface area contributed by atoms with Crippen molar-refractivity contribution in [3.05, 3.63) is 92.8 Å². The van der Waals surface area contributed by atoms with E-state index in [-0.39, 0.29) is 17.2 Å². The van der Waals surface area contributed by atoms with Crippen LogP contribution in [0.15, 0.2) is 64.8 Å². The van der Waals surface area contributed by atoms with Crippen LogP contribution in [0.4, 0.5) is 0 Å². The van der Waals surface area contributed by atoms with Crippen molar-refractivity contribution >= 4 is 17.2 Å². The first-order valence-corrected chi connectivity index (χ1v) is 11.9. The highest BCUT2D eigenvalue weighted by Gasteiger charge is 2.12. The standard InChI is InChI=1S/C26H26N4O4S/c1-17-4-6-18(7-5-17)15-30-24(31)11-9-21(29-30)25(32)27-13-12-20-16-35-26(28-20)19-8-10-22(33-2)23(14-19)34-3/h4-11,14,16H,12-13,15H2,1-3H3,(H,27,32). The molecule has 35 heavy (non-hydrogen) atoms. The lowest BCUT2D eigenvalue weighted by Crippen LogP contribution is -2.31. The molecule has 0 fully saturated rings. The number of carbonyl (C=O) groups is 1. The molecule has 2 aromatic heterocycles. The van der Waals surface area contributed by atoms with Crippen molar-refractivity contribution in [2.45, 2.75) is 19.9 Å². The number of thiazole rings is 1. The van der Waals surface area contributed by atoms with Crippen LogP contribution in [0.5, 0.6) is 11.5 Å². The van der Waals surface area contributed by atoms with Crippen molar-refractivity contribution in [1.29, 1.82) is 0 Å². The number of hydrogen-bond donors (Lipinski definition) is 1. The van der Waals surface area contributed by atoms with Crippen molar-refractivity contribution in [1.82, 2.24) is 20.1 Å². The molecule has 1 amide bonds. The largest absolute Gasteiger partial charge is 0.493 e. The first-order chi connectivity index (χ1) is 17.0. The second-order valence-corrected chi connectivity index (χ2v) is 8.78. The van der Waals surface area contributed by atoms with E-state index in [1.165, 1.54) is 28.2 Å². The Labute approximate surface area is 207 Å². The topological polar surface area (TPSA) is 95.3 Å². The average Bonchev–Trinajstić information content (AvgIpc) is 3.35. The summed E-state index contributed by atoms with van der Waals surface area (Å²) in [7, 11) is 3.20. The molecule has 4 rings (SSSR count). The molecule has 0 bridgehead atoms. The number of nitrogens with zero attached hydrogens (tertiary/aromatic N) is 3. The lowest BCUT2D eigenvalue weighted by molar-refractivity contribution is 0.0946. The van der Waals surface area contributed by atoms with E-state index in [4.69, 9.17) is 9.47 Å². The summed E-state index contributed by atoms with van der Waals surface area (Å²) in [5, 5.41) is 9.93. The number of ether oxygens (including phenoxy) is 2. The molecular weight excluding hydrogens is 464 g/mol. The maximum atomic E-state index is 12.6. The summed E-state index contributed by atoms with van der Waals surface area (Å²) in [4.78, 5) is 29.5. The monoisotopic (exact) mass is 490 g/mol. The average molecular weight is 491 g/mol. The van der Waals surface area contributed by atoms with E-state index in [1.807, 2.05) is 54.8 Å². The van der Waals surface area contributed by atoms with Gasteiger partial charge in [-0.3, -0.25) is 9.59 Å². The molecule has 0 saturated carbocycles. The van der Waals surface area contributed by atoms with Crippen LogP contribution in [0.2, 0.25) is 0 Å². The molecule has 0 aliphatic rings. The number of carbonyl (C=O) groups excluding carboxylic acids is 1. The molecule has 1 N–H and O–H groups in total. The van der Waals surface area contributed by atoms with Gasteiger partial charge in [-0.15, -0.1) is 11.3 Å². The van der Waals surface area contributed by atoms with Crippen LogP contribution < -0.4 is 20.3 Å². The summed E-state index contributed by atoms with van der Waals surface area (Å²) in [6.45, 7) is 2.70. The van der Waals surface area contributed by atoms with Crippen LogP contribution in [0.1, 0.15) is 27.3 Å². The van der Waals surface area contributed by atoms with E-state index in [0.717, 1.165) is 27.4 Å². The predicted octanol–water partition coefficient (Wildman–Crippen LogP) is 3.71. The van der Waals surface area contributed by atoms with E-state index in [0.29, 0.717) is 31.0 Å². The third-order valence-corrected chi connectivity index (χ3v) is 6.34. The molecular formula is C26H26N4O4S. The van der Waals surface area contributed by atoms with Crippen LogP contribution in [-0.2, 0) is 13.0 Å². The third kappa shape index (κ3) is 5.93. The Kier molecular flexibility index (Phi) is 7.57. The number of benzene rings is 2. The number of hydrogen-bond acceptors (Lipinski definition) is 7. The van der Waals surface area contributed by atoms with Gasteiger partial charge in [-0.25, -0.2) is 9.67 Å². The number of methoxy groups -OCH3 is 2. The maximum absolute atomic E-state index is 12.6. The molecule has 0 unspecified atom stereocenters. The molecule has 0 radical (unpaired) electrons. The molecule has 0 aliphatic carbocycles. The zero-order chi connectivity index (χ0) is 24.8. The predicted molar refractivity (Wildman–Crippen MR) is 135 cm³/mol. The Morgan fingerprint density at radius 2 is 1.80 bits per heavy atom. The lowest BCUT2D eigenvalue weighted by atomic mass is 10.1. The molecule has 0 aliphatic heterocycles. The van der Waals surface area contributed by atoms with Crippen LogP contribution in [-0.4, -0.2) is 41.4 Å². The molecule has 4 aromatic rings. The van der Waals surface area contributed by atoms with E-state index in [2.05, 4.69) is 15.4 Å². The van der Waals surface area contributed by atoms with Gasteiger partial charge in [-0.1, -0.05) is 29.8 Å². The Balaban J connectivity index is 1.36. The van der Waals surface area contributed by atoms with Crippen molar-refractivity contribution < 1.29 is 14.3 Å². The number of aryl methyl sites for hydroxylation is 1. The van der Waals surface area contributed by atoms with Gasteiger partial charge >= 0.3 is 0 Å². The molecule has 9 heteroatoms. The van der Waals surface area contributed by atoms with Gasteiger partial charge in [0.05, 0.1) is 26.5 Å². The van der Waals surface area contributed by atoms with E-state index >= 15 is 0 Å². The van der Waals surface area contributed by atoms with Crippen LogP contribution in [0, 0.1) is 6.92 Å². The highest BCUT2D eigenvalue weighted by Crippen LogP contribution is 2.33. The second kappa shape index (κ2) is 11.0. The van der Waals surface area contributed by atoms with Gasteiger partial charge in [-0.2, -0.15) is 5.10 Å². The Morgan fingerprint density at radius 3 is 2.54 bits per heavy atom. The fourth-order valence-corrected chi connectivity index (χ4v) is 4.32. The first kappa shape index (κ1) is 24.2. The number of nitrogens with one attached hydrogen (secondary N) is 1. The fourth-order valence-electron chi connectivity index (χ4n) is 3.47. The maximum Gasteiger partial charge on any atom is 0.271 e. The lowest BCUT2D eigenvalue weighted by Gasteiger charge is -2.08. The minimum absolute atomic E-state index is 0.195. The minimum atomic E-state index is -0.335. The van der Waals surface area contributed by atoms with Gasteiger partial charge in [0, 0.05) is 30.0 Å². The van der Waals surface area contributed by atoms with Crippen LogP contribution >= 0.6 is 11.3 Å². The van der Waals surface area contributed by atoms with Crippen LogP contribution in [0.25, 0.3) is 10.6 Å². The zero-order valence-corrected chi connectivity index (χ0v) is 20.6. The highest BCUT2D eigenvalue weighted by molar-refractivity contribution is 7.13. The number of rotatable bonds is 9. The van der Waals surface area contributed by atoms with E-state index in [9.17, 15) is 9.59 Å². The molecule has 180 valence electrons. The molecule has 2 aromatic carbocycles. The smallest absolute Gasteiger partial charge is 0.271 e. The van der Waals surface area contributed by atoms with Crippen molar-refractivity contribution in [3.8, 4) is 22.1 Å². The molecule has 0 atom stereocenters. The highest BCUT2D eigenvalue weighted by atomic mass is 32.1.